The van der Waals surface area contributed by atoms with E-state index in [4.69, 9.17) is 9.47 Å². The van der Waals surface area contributed by atoms with Gasteiger partial charge in [-0.05, 0) is 29.9 Å². The van der Waals surface area contributed by atoms with Crippen LogP contribution in [-0.2, 0) is 4.57 Å². The Hall–Kier alpha value is -1.28. The summed E-state index contributed by atoms with van der Waals surface area (Å²) in [7, 11) is 0.549. The quantitative estimate of drug-likeness (QED) is 0.661. The van der Waals surface area contributed by atoms with Crippen molar-refractivity contribution < 1.29 is 18.8 Å². The average Bonchev–Trinajstić information content (AvgIpc) is 2.43. The van der Waals surface area contributed by atoms with Gasteiger partial charge >= 0.3 is 0 Å². The minimum absolute atomic E-state index is 0.130. The molecule has 0 saturated heterocycles. The van der Waals surface area contributed by atoms with E-state index in [0.717, 1.165) is 6.42 Å². The molecule has 0 saturated carbocycles. The van der Waals surface area contributed by atoms with Crippen LogP contribution in [0.3, 0.4) is 0 Å². The average molecular weight is 326 g/mol. The first-order valence-electron chi connectivity index (χ1n) is 7.50. The molecule has 0 aliphatic carbocycles. The molecule has 1 aromatic carbocycles. The molecule has 5 heteroatoms. The molecule has 124 valence electrons. The minimum Gasteiger partial charge on any atom is -0.496 e. The molecule has 0 heterocycles. The van der Waals surface area contributed by atoms with Crippen molar-refractivity contribution in [2.24, 2.45) is 11.3 Å². The van der Waals surface area contributed by atoms with Gasteiger partial charge in [0.15, 0.2) is 0 Å². The second-order valence-corrected chi connectivity index (χ2v) is 8.38. The molecule has 0 N–H and O–H groups in total. The Bertz CT molecular complexity index is 527. The van der Waals surface area contributed by atoms with Crippen LogP contribution in [0.1, 0.15) is 44.5 Å². The number of rotatable bonds is 8. The normalized spacial score (nSPS) is 13.0. The second kappa shape index (κ2) is 7.82. The first kappa shape index (κ1) is 18.8. The van der Waals surface area contributed by atoms with Gasteiger partial charge in [0.1, 0.15) is 24.9 Å². The Morgan fingerprint density at radius 1 is 1.18 bits per heavy atom. The summed E-state index contributed by atoms with van der Waals surface area (Å²) in [5.41, 5.74) is -0.206. The van der Waals surface area contributed by atoms with Crippen LogP contribution in [0.2, 0.25) is 0 Å². The van der Waals surface area contributed by atoms with Crippen molar-refractivity contribution in [3.05, 3.63) is 23.8 Å². The Labute approximate surface area is 134 Å². The van der Waals surface area contributed by atoms with Gasteiger partial charge in [-0.25, -0.2) is 0 Å². The predicted molar refractivity (Wildman–Crippen MR) is 91.0 cm³/mol. The van der Waals surface area contributed by atoms with Crippen molar-refractivity contribution in [1.82, 2.24) is 0 Å². The van der Waals surface area contributed by atoms with Gasteiger partial charge in [0.2, 0.25) is 5.52 Å². The number of carbonyl (C=O) groups excluding carboxylic acids is 1. The molecule has 0 amide bonds. The van der Waals surface area contributed by atoms with Crippen LogP contribution in [-0.4, -0.2) is 25.9 Å². The Kier molecular flexibility index (Phi) is 6.67. The maximum Gasteiger partial charge on any atom is 0.225 e. The van der Waals surface area contributed by atoms with E-state index in [0.29, 0.717) is 23.6 Å². The summed E-state index contributed by atoms with van der Waals surface area (Å²) >= 11 is 0. The highest BCUT2D eigenvalue weighted by Gasteiger charge is 2.29. The standard InChI is InChI=1S/C17H27O4P/c1-12(2)10-17(3,4)11-22(19)16(18)15-13(20-5)8-7-9-14(15)21-6/h7-9,12,22H,10-11H2,1-6H3. The van der Waals surface area contributed by atoms with Crippen LogP contribution >= 0.6 is 7.80 Å². The molecule has 0 spiro atoms. The van der Waals surface area contributed by atoms with E-state index in [1.807, 2.05) is 0 Å². The maximum atomic E-state index is 12.6. The number of hydrogen-bond acceptors (Lipinski definition) is 4. The van der Waals surface area contributed by atoms with Gasteiger partial charge in [0.05, 0.1) is 14.2 Å². The van der Waals surface area contributed by atoms with Gasteiger partial charge in [-0.3, -0.25) is 4.79 Å². The highest BCUT2D eigenvalue weighted by molar-refractivity contribution is 7.64. The predicted octanol–water partition coefficient (Wildman–Crippen LogP) is 4.48. The van der Waals surface area contributed by atoms with Crippen LogP contribution in [0, 0.1) is 11.3 Å². The van der Waals surface area contributed by atoms with Crippen molar-refractivity contribution >= 4 is 13.3 Å². The zero-order chi connectivity index (χ0) is 16.9. The highest BCUT2D eigenvalue weighted by atomic mass is 31.1. The molecule has 0 bridgehead atoms. The van der Waals surface area contributed by atoms with Crippen LogP contribution in [0.4, 0.5) is 0 Å². The molecule has 0 aromatic heterocycles. The summed E-state index contributed by atoms with van der Waals surface area (Å²) in [6, 6.07) is 5.11. The topological polar surface area (TPSA) is 52.6 Å². The third-order valence-electron chi connectivity index (χ3n) is 3.51. The SMILES string of the molecule is COc1cccc(OC)c1C(=O)[PH](=O)CC(C)(C)CC(C)C. The minimum atomic E-state index is -2.43. The fraction of sp³-hybridized carbons (Fsp3) is 0.588. The van der Waals surface area contributed by atoms with Crippen molar-refractivity contribution in [3.63, 3.8) is 0 Å². The van der Waals surface area contributed by atoms with Gasteiger partial charge in [-0.2, -0.15) is 0 Å². The summed E-state index contributed by atoms with van der Waals surface area (Å²) in [5.74, 6) is 1.31. The second-order valence-electron chi connectivity index (χ2n) is 6.73. The van der Waals surface area contributed by atoms with Crippen LogP contribution < -0.4 is 9.47 Å². The van der Waals surface area contributed by atoms with E-state index in [-0.39, 0.29) is 16.5 Å². The van der Waals surface area contributed by atoms with Crippen molar-refractivity contribution in [1.29, 1.82) is 0 Å². The fourth-order valence-corrected chi connectivity index (χ4v) is 4.61. The van der Waals surface area contributed by atoms with Gasteiger partial charge in [-0.1, -0.05) is 33.8 Å². The Morgan fingerprint density at radius 2 is 1.68 bits per heavy atom. The van der Waals surface area contributed by atoms with E-state index in [2.05, 4.69) is 27.7 Å². The number of hydrogen-bond donors (Lipinski definition) is 0. The monoisotopic (exact) mass is 326 g/mol. The maximum absolute atomic E-state index is 12.6. The van der Waals surface area contributed by atoms with Gasteiger partial charge < -0.3 is 14.0 Å². The number of methoxy groups -OCH3 is 2. The van der Waals surface area contributed by atoms with E-state index in [9.17, 15) is 9.36 Å². The van der Waals surface area contributed by atoms with Crippen LogP contribution in [0.5, 0.6) is 11.5 Å². The molecule has 1 aromatic rings. The third-order valence-corrected chi connectivity index (χ3v) is 5.54. The van der Waals surface area contributed by atoms with Crippen molar-refractivity contribution in [2.75, 3.05) is 20.4 Å². The van der Waals surface area contributed by atoms with Crippen molar-refractivity contribution in [3.8, 4) is 11.5 Å². The number of ether oxygens (including phenoxy) is 2. The van der Waals surface area contributed by atoms with Crippen LogP contribution in [0.15, 0.2) is 18.2 Å². The molecule has 1 unspecified atom stereocenters. The van der Waals surface area contributed by atoms with Gasteiger partial charge in [0.25, 0.3) is 0 Å². The fourth-order valence-electron chi connectivity index (χ4n) is 2.91. The Balaban J connectivity index is 3.04. The summed E-state index contributed by atoms with van der Waals surface area (Å²) in [5, 5.41) is 0. The molecular formula is C17H27O4P. The summed E-state index contributed by atoms with van der Waals surface area (Å²) in [6.07, 6.45) is 1.33. The molecule has 4 nitrogen and oxygen atoms in total. The van der Waals surface area contributed by atoms with E-state index in [1.165, 1.54) is 14.2 Å². The molecule has 0 fully saturated rings. The zero-order valence-corrected chi connectivity index (χ0v) is 15.4. The molecule has 0 aliphatic heterocycles. The largest absolute Gasteiger partial charge is 0.496 e. The summed E-state index contributed by atoms with van der Waals surface area (Å²) < 4.78 is 23.1. The molecule has 1 atom stereocenters. The van der Waals surface area contributed by atoms with Gasteiger partial charge in [0, 0.05) is 6.16 Å². The number of carbonyl (C=O) groups is 1. The zero-order valence-electron chi connectivity index (χ0n) is 14.4. The lowest BCUT2D eigenvalue weighted by Gasteiger charge is -2.26. The first-order chi connectivity index (χ1) is 10.2. The third kappa shape index (κ3) is 4.88. The van der Waals surface area contributed by atoms with E-state index >= 15 is 0 Å². The molecule has 0 aliphatic rings. The molecule has 0 radical (unpaired) electrons. The van der Waals surface area contributed by atoms with Crippen molar-refractivity contribution in [2.45, 2.75) is 34.1 Å². The smallest absolute Gasteiger partial charge is 0.225 e. The number of benzene rings is 1. The summed E-state index contributed by atoms with van der Waals surface area (Å²) in [4.78, 5) is 12.6. The lowest BCUT2D eigenvalue weighted by molar-refractivity contribution is 0.107. The molecule has 1 rings (SSSR count). The first-order valence-corrected chi connectivity index (χ1v) is 9.12. The lowest BCUT2D eigenvalue weighted by atomic mass is 9.86. The summed E-state index contributed by atoms with van der Waals surface area (Å²) in [6.45, 7) is 8.37. The highest BCUT2D eigenvalue weighted by Crippen LogP contribution is 2.42. The lowest BCUT2D eigenvalue weighted by Crippen LogP contribution is -2.19. The molecule has 22 heavy (non-hydrogen) atoms. The van der Waals surface area contributed by atoms with E-state index in [1.54, 1.807) is 18.2 Å². The molecular weight excluding hydrogens is 299 g/mol. The van der Waals surface area contributed by atoms with E-state index < -0.39 is 7.80 Å². The van der Waals surface area contributed by atoms with Gasteiger partial charge in [-0.15, -0.1) is 0 Å². The Morgan fingerprint density at radius 3 is 2.09 bits per heavy atom. The van der Waals surface area contributed by atoms with Crippen LogP contribution in [0.25, 0.3) is 0 Å².